The number of nitrogens with zero attached hydrogens (tertiary/aromatic N) is 4. The van der Waals surface area contributed by atoms with Crippen molar-refractivity contribution in [3.8, 4) is 0 Å². The molecule has 2 atom stereocenters. The van der Waals surface area contributed by atoms with E-state index in [-0.39, 0.29) is 0 Å². The second kappa shape index (κ2) is 7.09. The van der Waals surface area contributed by atoms with E-state index in [0.717, 1.165) is 23.7 Å². The first kappa shape index (κ1) is 16.6. The number of nitrogens with one attached hydrogen (secondary N) is 1. The Balaban J connectivity index is 1.80. The summed E-state index contributed by atoms with van der Waals surface area (Å²) < 4.78 is 1.79. The molecule has 2 aromatic heterocycles. The van der Waals surface area contributed by atoms with E-state index in [0.29, 0.717) is 31.1 Å². The predicted octanol–water partition coefficient (Wildman–Crippen LogP) is 2.42. The van der Waals surface area contributed by atoms with Crippen molar-refractivity contribution >= 4 is 56.8 Å². The molecule has 2 unspecified atom stereocenters. The predicted molar refractivity (Wildman–Crippen MR) is 98.9 cm³/mol. The van der Waals surface area contributed by atoms with Crippen LogP contribution in [0, 0.1) is 5.92 Å². The van der Waals surface area contributed by atoms with E-state index in [1.165, 1.54) is 0 Å². The van der Waals surface area contributed by atoms with Crippen molar-refractivity contribution in [2.24, 2.45) is 5.92 Å². The summed E-state index contributed by atoms with van der Waals surface area (Å²) in [4.78, 5) is 30.4. The van der Waals surface area contributed by atoms with Crippen LogP contribution in [0.3, 0.4) is 0 Å². The number of halogens is 1. The highest BCUT2D eigenvalue weighted by Gasteiger charge is 2.26. The maximum absolute atomic E-state index is 12.3. The van der Waals surface area contributed by atoms with E-state index in [2.05, 4.69) is 44.4 Å². The molecule has 2 aromatic rings. The van der Waals surface area contributed by atoms with Gasteiger partial charge >= 0.3 is 11.8 Å². The second-order valence-corrected chi connectivity index (χ2v) is 7.76. The first-order chi connectivity index (χ1) is 11.1. The number of piperidine rings is 1. The highest BCUT2D eigenvalue weighted by Crippen LogP contribution is 2.31. The molecule has 1 fully saturated rings. The summed E-state index contributed by atoms with van der Waals surface area (Å²) in [6, 6.07) is 0. The lowest BCUT2D eigenvalue weighted by atomic mass is 10.0. The minimum atomic E-state index is -0.613. The number of carbonyl (C=O) groups is 2. The Labute approximate surface area is 148 Å². The maximum Gasteiger partial charge on any atom is 0.314 e. The van der Waals surface area contributed by atoms with Gasteiger partial charge < -0.3 is 10.2 Å². The fourth-order valence-corrected chi connectivity index (χ4v) is 4.36. The lowest BCUT2D eigenvalue weighted by Gasteiger charge is -2.30. The molecule has 0 saturated carbocycles. The zero-order chi connectivity index (χ0) is 16.4. The van der Waals surface area contributed by atoms with Crippen LogP contribution in [-0.4, -0.2) is 44.3 Å². The quantitative estimate of drug-likeness (QED) is 0.438. The van der Waals surface area contributed by atoms with Crippen LogP contribution >= 0.6 is 28.4 Å². The summed E-state index contributed by atoms with van der Waals surface area (Å²) >= 11 is 2.22. The molecule has 3 rings (SSSR count). The van der Waals surface area contributed by atoms with Gasteiger partial charge in [-0.3, -0.25) is 14.6 Å². The van der Waals surface area contributed by atoms with Gasteiger partial charge in [-0.05, 0) is 40.8 Å². The fraction of sp³-hybridized carbons (Fsp3) is 0.429. The van der Waals surface area contributed by atoms with Gasteiger partial charge in [0.15, 0.2) is 0 Å². The van der Waals surface area contributed by atoms with Gasteiger partial charge in [0.25, 0.3) is 0 Å². The van der Waals surface area contributed by atoms with Crippen molar-refractivity contribution in [3.63, 3.8) is 0 Å². The van der Waals surface area contributed by atoms with Crippen LogP contribution in [0.4, 0.5) is 5.69 Å². The molecule has 1 aliphatic rings. The normalized spacial score (nSPS) is 18.7. The molecule has 9 heteroatoms. The maximum atomic E-state index is 12.3. The monoisotopic (exact) mass is 445 g/mol. The van der Waals surface area contributed by atoms with Gasteiger partial charge in [0.1, 0.15) is 0 Å². The second-order valence-electron chi connectivity index (χ2n) is 5.72. The Morgan fingerprint density at radius 3 is 2.96 bits per heavy atom. The fourth-order valence-electron chi connectivity index (χ4n) is 2.83. The molecule has 0 radical (unpaired) electrons. The third-order valence-electron chi connectivity index (χ3n) is 3.94. The third-order valence-corrected chi connectivity index (χ3v) is 5.81. The van der Waals surface area contributed by atoms with Crippen molar-refractivity contribution in [2.75, 3.05) is 18.4 Å². The molecule has 7 nitrogen and oxygen atoms in total. The molecular weight excluding hydrogens is 428 g/mol. The standard InChI is InChI=1S/C14H17IN5O2P/c1-9-3-2-4-19(8-9)14(22)13(21)18-11-7-16-5-10-6-17-20(23-15)12(10)11/h5-7,9,23H,2-4,8H2,1H3,(H,18,21). The molecule has 0 spiro atoms. The van der Waals surface area contributed by atoms with E-state index in [1.807, 2.05) is 0 Å². The summed E-state index contributed by atoms with van der Waals surface area (Å²) in [6.07, 6.45) is 7.40. The summed E-state index contributed by atoms with van der Waals surface area (Å²) in [5.41, 5.74) is 1.31. The number of aromatic nitrogens is 3. The Hall–Kier alpha value is -1.28. The topological polar surface area (TPSA) is 80.1 Å². The average Bonchev–Trinajstić information content (AvgIpc) is 2.98. The number of rotatable bonds is 2. The van der Waals surface area contributed by atoms with Crippen molar-refractivity contribution in [1.82, 2.24) is 19.4 Å². The van der Waals surface area contributed by atoms with Crippen LogP contribution in [0.1, 0.15) is 19.8 Å². The SMILES string of the molecule is CC1CCCN(C(=O)C(=O)Nc2cncc3cnn(PI)c23)C1. The number of fused-ring (bicyclic) bond motifs is 1. The Morgan fingerprint density at radius 1 is 1.39 bits per heavy atom. The van der Waals surface area contributed by atoms with Gasteiger partial charge in [0, 0.05) is 24.7 Å². The van der Waals surface area contributed by atoms with Crippen LogP contribution in [0.15, 0.2) is 18.6 Å². The highest BCUT2D eigenvalue weighted by atomic mass is 127. The smallest absolute Gasteiger partial charge is 0.314 e. The van der Waals surface area contributed by atoms with Gasteiger partial charge in [-0.25, -0.2) is 4.45 Å². The third kappa shape index (κ3) is 3.47. The molecule has 2 amide bonds. The van der Waals surface area contributed by atoms with Gasteiger partial charge in [-0.15, -0.1) is 0 Å². The van der Waals surface area contributed by atoms with E-state index in [9.17, 15) is 9.59 Å². The van der Waals surface area contributed by atoms with Crippen LogP contribution in [-0.2, 0) is 9.59 Å². The van der Waals surface area contributed by atoms with Gasteiger partial charge in [0.05, 0.1) is 30.0 Å². The largest absolute Gasteiger partial charge is 0.334 e. The number of pyridine rings is 1. The number of hydrogen-bond donors (Lipinski definition) is 1. The van der Waals surface area contributed by atoms with Crippen LogP contribution < -0.4 is 5.32 Å². The Kier molecular flexibility index (Phi) is 5.11. The van der Waals surface area contributed by atoms with Gasteiger partial charge in [-0.1, -0.05) is 6.92 Å². The van der Waals surface area contributed by atoms with Crippen molar-refractivity contribution in [1.29, 1.82) is 0 Å². The zero-order valence-electron chi connectivity index (χ0n) is 12.6. The molecule has 1 N–H and O–H groups in total. The first-order valence-corrected chi connectivity index (χ1v) is 11.4. The molecule has 1 aliphatic heterocycles. The number of anilines is 1. The number of likely N-dealkylation sites (tertiary alicyclic amines) is 1. The number of hydrogen-bond acceptors (Lipinski definition) is 4. The van der Waals surface area contributed by atoms with E-state index in [4.69, 9.17) is 0 Å². The van der Waals surface area contributed by atoms with Crippen LogP contribution in [0.2, 0.25) is 0 Å². The lowest BCUT2D eigenvalue weighted by molar-refractivity contribution is -0.144. The molecular formula is C14H17IN5O2P. The molecule has 23 heavy (non-hydrogen) atoms. The summed E-state index contributed by atoms with van der Waals surface area (Å²) in [7, 11) is 0. The van der Waals surface area contributed by atoms with Gasteiger partial charge in [-0.2, -0.15) is 5.10 Å². The van der Waals surface area contributed by atoms with Crippen molar-refractivity contribution in [3.05, 3.63) is 18.6 Å². The molecule has 3 heterocycles. The average molecular weight is 445 g/mol. The lowest BCUT2D eigenvalue weighted by Crippen LogP contribution is -2.44. The van der Waals surface area contributed by atoms with Crippen molar-refractivity contribution in [2.45, 2.75) is 19.8 Å². The van der Waals surface area contributed by atoms with E-state index >= 15 is 0 Å². The molecule has 122 valence electrons. The Bertz CT molecular complexity index is 750. The zero-order valence-corrected chi connectivity index (χ0v) is 15.8. The summed E-state index contributed by atoms with van der Waals surface area (Å²) in [6.45, 7) is 3.38. The summed E-state index contributed by atoms with van der Waals surface area (Å²) in [5.74, 6) is -0.651. The molecule has 0 aliphatic carbocycles. The Morgan fingerprint density at radius 2 is 2.22 bits per heavy atom. The molecule has 1 saturated heterocycles. The van der Waals surface area contributed by atoms with Crippen molar-refractivity contribution < 1.29 is 9.59 Å². The molecule has 0 bridgehead atoms. The van der Waals surface area contributed by atoms with Crippen LogP contribution in [0.25, 0.3) is 10.9 Å². The number of carbonyl (C=O) groups excluding carboxylic acids is 2. The minimum Gasteiger partial charge on any atom is -0.334 e. The summed E-state index contributed by atoms with van der Waals surface area (Å²) in [5, 5.41) is 7.81. The van der Waals surface area contributed by atoms with Gasteiger partial charge in [0.2, 0.25) is 0 Å². The van der Waals surface area contributed by atoms with Crippen LogP contribution in [0.5, 0.6) is 0 Å². The number of amides is 2. The minimum absolute atomic E-state index is 0.398. The molecule has 0 aromatic carbocycles. The van der Waals surface area contributed by atoms with E-state index in [1.54, 1.807) is 27.9 Å². The highest BCUT2D eigenvalue weighted by molar-refractivity contribution is 14.2. The van der Waals surface area contributed by atoms with E-state index < -0.39 is 11.8 Å². The first-order valence-electron chi connectivity index (χ1n) is 7.38.